The van der Waals surface area contributed by atoms with Gasteiger partial charge in [0.05, 0.1) is 13.2 Å². The van der Waals surface area contributed by atoms with Crippen LogP contribution < -0.4 is 9.46 Å². The Balaban J connectivity index is 3.19. The van der Waals surface area contributed by atoms with Crippen LogP contribution in [0.3, 0.4) is 0 Å². The van der Waals surface area contributed by atoms with E-state index >= 15 is 0 Å². The summed E-state index contributed by atoms with van der Waals surface area (Å²) in [5, 5.41) is 9.13. The van der Waals surface area contributed by atoms with Gasteiger partial charge in [-0.3, -0.25) is 0 Å². The number of hydrogen-bond acceptors (Lipinski definition) is 4. The predicted molar refractivity (Wildman–Crippen MR) is 69.3 cm³/mol. The lowest BCUT2D eigenvalue weighted by Crippen LogP contribution is -2.31. The molecule has 6 heteroatoms. The van der Waals surface area contributed by atoms with Crippen LogP contribution in [0, 0.1) is 13.8 Å². The molecule has 2 N–H and O–H groups in total. The Labute approximate surface area is 108 Å². The molecule has 0 aromatic heterocycles. The monoisotopic (exact) mass is 273 g/mol. The second-order valence-electron chi connectivity index (χ2n) is 4.29. The molecule has 1 atom stereocenters. The minimum atomic E-state index is -3.67. The zero-order chi connectivity index (χ0) is 13.9. The molecule has 0 bridgehead atoms. The highest BCUT2D eigenvalue weighted by Crippen LogP contribution is 2.27. The molecule has 0 saturated heterocycles. The first-order valence-corrected chi connectivity index (χ1v) is 7.09. The lowest BCUT2D eigenvalue weighted by Gasteiger charge is -2.13. The van der Waals surface area contributed by atoms with Crippen molar-refractivity contribution in [1.29, 1.82) is 0 Å². The van der Waals surface area contributed by atoms with Gasteiger partial charge in [0.2, 0.25) is 10.0 Å². The molecule has 1 rings (SSSR count). The molecule has 102 valence electrons. The fraction of sp³-hybridized carbons (Fsp3) is 0.500. The summed E-state index contributed by atoms with van der Waals surface area (Å²) in [6.45, 7) is 5.21. The van der Waals surface area contributed by atoms with Gasteiger partial charge in [0, 0.05) is 6.54 Å². The van der Waals surface area contributed by atoms with E-state index in [4.69, 9.17) is 9.84 Å². The van der Waals surface area contributed by atoms with Crippen molar-refractivity contribution in [3.8, 4) is 5.75 Å². The maximum absolute atomic E-state index is 12.1. The summed E-state index contributed by atoms with van der Waals surface area (Å²) in [6.07, 6.45) is -0.739. The molecule has 1 aromatic carbocycles. The number of methoxy groups -OCH3 is 1. The Kier molecular flexibility index (Phi) is 4.72. The van der Waals surface area contributed by atoms with Gasteiger partial charge in [-0.2, -0.15) is 0 Å². The Hall–Kier alpha value is -1.11. The van der Waals surface area contributed by atoms with Crippen molar-refractivity contribution in [3.05, 3.63) is 23.3 Å². The normalized spacial score (nSPS) is 13.4. The van der Waals surface area contributed by atoms with Crippen molar-refractivity contribution in [3.63, 3.8) is 0 Å². The third-order valence-corrected chi connectivity index (χ3v) is 4.08. The minimum Gasteiger partial charge on any atom is -0.495 e. The van der Waals surface area contributed by atoms with E-state index in [-0.39, 0.29) is 11.4 Å². The van der Waals surface area contributed by atoms with Crippen LogP contribution >= 0.6 is 0 Å². The number of aryl methyl sites for hydroxylation is 2. The standard InChI is InChI=1S/C12H19NO4S/c1-8-5-11(17-4)12(6-9(8)2)18(15,16)13-7-10(3)14/h5-6,10,13-14H,7H2,1-4H3/t10-/m0/s1. The van der Waals surface area contributed by atoms with Crippen molar-refractivity contribution >= 4 is 10.0 Å². The Morgan fingerprint density at radius 2 is 1.89 bits per heavy atom. The van der Waals surface area contributed by atoms with E-state index in [0.717, 1.165) is 11.1 Å². The second kappa shape index (κ2) is 5.69. The summed E-state index contributed by atoms with van der Waals surface area (Å²) in [4.78, 5) is 0.0914. The first-order valence-electron chi connectivity index (χ1n) is 5.61. The quantitative estimate of drug-likeness (QED) is 0.838. The Morgan fingerprint density at radius 1 is 1.33 bits per heavy atom. The zero-order valence-corrected chi connectivity index (χ0v) is 11.8. The molecule has 18 heavy (non-hydrogen) atoms. The van der Waals surface area contributed by atoms with Gasteiger partial charge in [-0.25, -0.2) is 13.1 Å². The molecule has 0 spiro atoms. The molecule has 0 unspecified atom stereocenters. The number of aliphatic hydroxyl groups is 1. The Bertz CT molecular complexity index is 523. The summed E-state index contributed by atoms with van der Waals surface area (Å²) < 4.78 is 31.6. The van der Waals surface area contributed by atoms with Crippen LogP contribution in [0.4, 0.5) is 0 Å². The van der Waals surface area contributed by atoms with Gasteiger partial charge < -0.3 is 9.84 Å². The maximum atomic E-state index is 12.1. The van der Waals surface area contributed by atoms with Crippen molar-refractivity contribution < 1.29 is 18.3 Å². The highest BCUT2D eigenvalue weighted by atomic mass is 32.2. The molecule has 0 saturated carbocycles. The van der Waals surface area contributed by atoms with E-state index in [9.17, 15) is 8.42 Å². The van der Waals surface area contributed by atoms with Crippen LogP contribution in [0.1, 0.15) is 18.1 Å². The van der Waals surface area contributed by atoms with Gasteiger partial charge in [-0.15, -0.1) is 0 Å². The van der Waals surface area contributed by atoms with Crippen LogP contribution in [-0.4, -0.2) is 33.3 Å². The number of benzene rings is 1. The van der Waals surface area contributed by atoms with Crippen LogP contribution in [0.2, 0.25) is 0 Å². The third-order valence-electron chi connectivity index (χ3n) is 2.64. The number of hydrogen-bond donors (Lipinski definition) is 2. The molecular weight excluding hydrogens is 254 g/mol. The van der Waals surface area contributed by atoms with E-state index in [1.165, 1.54) is 14.0 Å². The van der Waals surface area contributed by atoms with Gasteiger partial charge in [0.25, 0.3) is 0 Å². The molecule has 0 aliphatic heterocycles. The third kappa shape index (κ3) is 3.44. The molecule has 0 radical (unpaired) electrons. The number of rotatable bonds is 5. The van der Waals surface area contributed by atoms with Crippen molar-refractivity contribution in [2.75, 3.05) is 13.7 Å². The number of nitrogens with one attached hydrogen (secondary N) is 1. The van der Waals surface area contributed by atoms with Crippen molar-refractivity contribution in [1.82, 2.24) is 4.72 Å². The van der Waals surface area contributed by atoms with Gasteiger partial charge in [-0.05, 0) is 44.0 Å². The molecule has 5 nitrogen and oxygen atoms in total. The largest absolute Gasteiger partial charge is 0.495 e. The average molecular weight is 273 g/mol. The molecule has 0 fully saturated rings. The van der Waals surface area contributed by atoms with Crippen LogP contribution in [-0.2, 0) is 10.0 Å². The number of ether oxygens (including phenoxy) is 1. The maximum Gasteiger partial charge on any atom is 0.244 e. The summed E-state index contributed by atoms with van der Waals surface area (Å²) in [5.74, 6) is 0.302. The zero-order valence-electron chi connectivity index (χ0n) is 11.0. The van der Waals surface area contributed by atoms with Gasteiger partial charge >= 0.3 is 0 Å². The highest BCUT2D eigenvalue weighted by molar-refractivity contribution is 7.89. The number of sulfonamides is 1. The summed E-state index contributed by atoms with van der Waals surface area (Å²) in [6, 6.07) is 3.25. The van der Waals surface area contributed by atoms with Crippen LogP contribution in [0.15, 0.2) is 17.0 Å². The summed E-state index contributed by atoms with van der Waals surface area (Å²) in [5.41, 5.74) is 1.83. The first kappa shape index (κ1) is 14.9. The van der Waals surface area contributed by atoms with E-state index in [0.29, 0.717) is 5.75 Å². The van der Waals surface area contributed by atoms with E-state index in [1.54, 1.807) is 12.1 Å². The molecule has 0 aliphatic rings. The van der Waals surface area contributed by atoms with Crippen molar-refractivity contribution in [2.45, 2.75) is 31.8 Å². The first-order chi connectivity index (χ1) is 8.27. The molecular formula is C12H19NO4S. The summed E-state index contributed by atoms with van der Waals surface area (Å²) >= 11 is 0. The van der Waals surface area contributed by atoms with Gasteiger partial charge in [0.15, 0.2) is 0 Å². The highest BCUT2D eigenvalue weighted by Gasteiger charge is 2.20. The molecule has 0 heterocycles. The fourth-order valence-electron chi connectivity index (χ4n) is 1.44. The predicted octanol–water partition coefficient (Wildman–Crippen LogP) is 0.971. The average Bonchev–Trinajstić information content (AvgIpc) is 2.29. The summed E-state index contributed by atoms with van der Waals surface area (Å²) in [7, 11) is -2.24. The lowest BCUT2D eigenvalue weighted by atomic mass is 10.1. The minimum absolute atomic E-state index is 0.0294. The van der Waals surface area contributed by atoms with Gasteiger partial charge in [-0.1, -0.05) is 0 Å². The fourth-order valence-corrected chi connectivity index (χ4v) is 2.80. The van der Waals surface area contributed by atoms with E-state index < -0.39 is 16.1 Å². The SMILES string of the molecule is COc1cc(C)c(C)cc1S(=O)(=O)NC[C@H](C)O. The topological polar surface area (TPSA) is 75.6 Å². The lowest BCUT2D eigenvalue weighted by molar-refractivity contribution is 0.198. The smallest absolute Gasteiger partial charge is 0.244 e. The van der Waals surface area contributed by atoms with E-state index in [2.05, 4.69) is 4.72 Å². The second-order valence-corrected chi connectivity index (χ2v) is 6.02. The molecule has 0 aliphatic carbocycles. The van der Waals surface area contributed by atoms with Crippen LogP contribution in [0.25, 0.3) is 0 Å². The molecule has 1 aromatic rings. The van der Waals surface area contributed by atoms with Crippen molar-refractivity contribution in [2.24, 2.45) is 0 Å². The van der Waals surface area contributed by atoms with Crippen LogP contribution in [0.5, 0.6) is 5.75 Å². The number of aliphatic hydroxyl groups excluding tert-OH is 1. The Morgan fingerprint density at radius 3 is 2.39 bits per heavy atom. The van der Waals surface area contributed by atoms with E-state index in [1.807, 2.05) is 13.8 Å². The van der Waals surface area contributed by atoms with Gasteiger partial charge in [0.1, 0.15) is 10.6 Å². The molecule has 0 amide bonds.